The molecular formula is C25H27NO3. The van der Waals surface area contributed by atoms with Crippen LogP contribution in [0.2, 0.25) is 0 Å². The molecule has 2 aromatic carbocycles. The third-order valence-corrected chi connectivity index (χ3v) is 7.86. The van der Waals surface area contributed by atoms with Crippen LogP contribution in [0.25, 0.3) is 0 Å². The Morgan fingerprint density at radius 1 is 1.17 bits per heavy atom. The molecule has 4 heteroatoms. The smallest absolute Gasteiger partial charge is 0.165 e. The highest BCUT2D eigenvalue weighted by molar-refractivity contribution is 5.61. The van der Waals surface area contributed by atoms with E-state index in [1.165, 1.54) is 16.7 Å². The van der Waals surface area contributed by atoms with E-state index in [2.05, 4.69) is 54.3 Å². The third-order valence-electron chi connectivity index (χ3n) is 7.86. The lowest BCUT2D eigenvalue weighted by atomic mass is 9.53. The predicted molar refractivity (Wildman–Crippen MR) is 111 cm³/mol. The van der Waals surface area contributed by atoms with E-state index in [-0.39, 0.29) is 17.3 Å². The number of hydrogen-bond acceptors (Lipinski definition) is 4. The zero-order valence-corrected chi connectivity index (χ0v) is 16.7. The van der Waals surface area contributed by atoms with Crippen LogP contribution in [0.4, 0.5) is 0 Å². The summed E-state index contributed by atoms with van der Waals surface area (Å²) in [6.07, 6.45) is 6.18. The van der Waals surface area contributed by atoms with Crippen LogP contribution in [0.5, 0.6) is 11.5 Å². The Bertz CT molecular complexity index is 987. The quantitative estimate of drug-likeness (QED) is 0.792. The Kier molecular flexibility index (Phi) is 3.69. The maximum atomic E-state index is 10.7. The van der Waals surface area contributed by atoms with Gasteiger partial charge in [-0.25, -0.2) is 0 Å². The first-order chi connectivity index (χ1) is 14.1. The average molecular weight is 389 g/mol. The number of likely N-dealkylation sites (tertiary alicyclic amines) is 1. The summed E-state index contributed by atoms with van der Waals surface area (Å²) in [6.45, 7) is 3.33. The highest BCUT2D eigenvalue weighted by atomic mass is 16.5. The molecule has 4 nitrogen and oxygen atoms in total. The largest absolute Gasteiger partial charge is 0.504 e. The van der Waals surface area contributed by atoms with Crippen molar-refractivity contribution in [3.05, 3.63) is 71.3 Å². The Morgan fingerprint density at radius 3 is 2.83 bits per heavy atom. The van der Waals surface area contributed by atoms with E-state index in [4.69, 9.17) is 4.74 Å². The van der Waals surface area contributed by atoms with E-state index in [9.17, 15) is 10.2 Å². The monoisotopic (exact) mass is 389 g/mol. The van der Waals surface area contributed by atoms with E-state index < -0.39 is 6.10 Å². The van der Waals surface area contributed by atoms with Gasteiger partial charge >= 0.3 is 0 Å². The van der Waals surface area contributed by atoms with Crippen LogP contribution in [0.15, 0.2) is 54.6 Å². The Hall–Kier alpha value is -2.30. The molecule has 1 spiro atoms. The van der Waals surface area contributed by atoms with Crippen LogP contribution >= 0.6 is 0 Å². The van der Waals surface area contributed by atoms with Crippen molar-refractivity contribution in [2.45, 2.75) is 55.9 Å². The molecule has 1 saturated heterocycles. The van der Waals surface area contributed by atoms with Gasteiger partial charge in [-0.1, -0.05) is 48.6 Å². The van der Waals surface area contributed by atoms with Crippen LogP contribution < -0.4 is 4.74 Å². The molecule has 0 saturated carbocycles. The van der Waals surface area contributed by atoms with Crippen molar-refractivity contribution in [3.8, 4) is 11.5 Å². The molecule has 1 unspecified atom stereocenters. The molecule has 2 heterocycles. The highest BCUT2D eigenvalue weighted by Gasteiger charge is 2.64. The number of piperidine rings is 1. The molecule has 2 aliphatic heterocycles. The van der Waals surface area contributed by atoms with Gasteiger partial charge in [-0.15, -0.1) is 0 Å². The van der Waals surface area contributed by atoms with Gasteiger partial charge in [0, 0.05) is 29.0 Å². The van der Waals surface area contributed by atoms with Crippen LogP contribution in [-0.2, 0) is 18.3 Å². The molecular weight excluding hydrogens is 362 g/mol. The molecule has 0 amide bonds. The number of phenols is 1. The lowest BCUT2D eigenvalue weighted by Gasteiger charge is -2.58. The highest BCUT2D eigenvalue weighted by Crippen LogP contribution is 2.62. The number of hydrogen-bond donors (Lipinski definition) is 2. The number of ether oxygens (including phenoxy) is 1. The molecule has 2 bridgehead atoms. The molecule has 29 heavy (non-hydrogen) atoms. The first-order valence-corrected chi connectivity index (χ1v) is 10.8. The van der Waals surface area contributed by atoms with Crippen molar-refractivity contribution in [2.75, 3.05) is 6.54 Å². The van der Waals surface area contributed by atoms with E-state index in [1.54, 1.807) is 6.07 Å². The average Bonchev–Trinajstić information content (AvgIpc) is 3.07. The summed E-state index contributed by atoms with van der Waals surface area (Å²) < 4.78 is 6.24. The summed E-state index contributed by atoms with van der Waals surface area (Å²) in [5.74, 6) is 1.12. The molecule has 2 N–H and O–H groups in total. The Balaban J connectivity index is 1.42. The van der Waals surface area contributed by atoms with Gasteiger partial charge in [0.2, 0.25) is 0 Å². The molecule has 6 atom stereocenters. The van der Waals surface area contributed by atoms with Gasteiger partial charge < -0.3 is 14.9 Å². The minimum Gasteiger partial charge on any atom is -0.504 e. The van der Waals surface area contributed by atoms with Gasteiger partial charge in [-0.3, -0.25) is 4.90 Å². The van der Waals surface area contributed by atoms with Gasteiger partial charge in [0.15, 0.2) is 11.5 Å². The van der Waals surface area contributed by atoms with Crippen molar-refractivity contribution in [1.29, 1.82) is 0 Å². The number of aliphatic hydroxyl groups is 1. The summed E-state index contributed by atoms with van der Waals surface area (Å²) in [7, 11) is 0. The minimum atomic E-state index is -0.627. The van der Waals surface area contributed by atoms with E-state index in [0.717, 1.165) is 25.8 Å². The number of nitrogens with zero attached hydrogens (tertiary/aromatic N) is 1. The molecule has 2 aliphatic carbocycles. The maximum absolute atomic E-state index is 10.7. The molecule has 4 aliphatic rings. The minimum absolute atomic E-state index is 0.205. The molecule has 6 rings (SSSR count). The van der Waals surface area contributed by atoms with Crippen LogP contribution in [0.1, 0.15) is 30.0 Å². The topological polar surface area (TPSA) is 52.9 Å². The normalized spacial score (nSPS) is 35.1. The van der Waals surface area contributed by atoms with Crippen LogP contribution in [0, 0.1) is 5.92 Å². The molecule has 1 fully saturated rings. The van der Waals surface area contributed by atoms with Crippen LogP contribution in [0.3, 0.4) is 0 Å². The second kappa shape index (κ2) is 6.10. The summed E-state index contributed by atoms with van der Waals surface area (Å²) >= 11 is 0. The van der Waals surface area contributed by atoms with Gasteiger partial charge in [-0.05, 0) is 49.9 Å². The first kappa shape index (κ1) is 17.5. The summed E-state index contributed by atoms with van der Waals surface area (Å²) in [4.78, 5) is 2.68. The van der Waals surface area contributed by atoms with Gasteiger partial charge in [0.25, 0.3) is 0 Å². The fourth-order valence-corrected chi connectivity index (χ4v) is 6.70. The van der Waals surface area contributed by atoms with E-state index in [0.29, 0.717) is 23.8 Å². The zero-order chi connectivity index (χ0) is 19.8. The van der Waals surface area contributed by atoms with Gasteiger partial charge in [0.05, 0.1) is 0 Å². The van der Waals surface area contributed by atoms with Crippen molar-refractivity contribution >= 4 is 0 Å². The predicted octanol–water partition coefficient (Wildman–Crippen LogP) is 3.20. The second-order valence-corrected chi connectivity index (χ2v) is 9.23. The number of benzene rings is 2. The number of aromatic hydroxyl groups is 1. The van der Waals surface area contributed by atoms with E-state index in [1.807, 2.05) is 6.08 Å². The van der Waals surface area contributed by atoms with Crippen LogP contribution in [-0.4, -0.2) is 45.9 Å². The second-order valence-electron chi connectivity index (χ2n) is 9.23. The molecule has 150 valence electrons. The maximum Gasteiger partial charge on any atom is 0.165 e. The third kappa shape index (κ3) is 2.27. The SMILES string of the molecule is CC(Cc1ccccc1)N1CC[C@]23c4c5ccc(O)c4O[C@H]2[C@@H](O)C=C[C@H]3[C@H]1C5. The Labute approximate surface area is 171 Å². The van der Waals surface area contributed by atoms with Gasteiger partial charge in [-0.2, -0.15) is 0 Å². The number of rotatable bonds is 3. The van der Waals surface area contributed by atoms with Crippen molar-refractivity contribution in [1.82, 2.24) is 4.90 Å². The zero-order valence-electron chi connectivity index (χ0n) is 16.7. The van der Waals surface area contributed by atoms with Crippen molar-refractivity contribution < 1.29 is 14.9 Å². The summed E-state index contributed by atoms with van der Waals surface area (Å²) in [5.41, 5.74) is 3.60. The fraction of sp³-hybridized carbons (Fsp3) is 0.440. The molecule has 0 radical (unpaired) electrons. The molecule has 2 aromatic rings. The lowest BCUT2D eigenvalue weighted by Crippen LogP contribution is -2.66. The van der Waals surface area contributed by atoms with Gasteiger partial charge in [0.1, 0.15) is 12.2 Å². The number of phenolic OH excluding ortho intramolecular Hbond substituents is 1. The number of aliphatic hydroxyl groups excluding tert-OH is 1. The van der Waals surface area contributed by atoms with Crippen molar-refractivity contribution in [3.63, 3.8) is 0 Å². The Morgan fingerprint density at radius 2 is 2.00 bits per heavy atom. The molecule has 0 aromatic heterocycles. The van der Waals surface area contributed by atoms with Crippen molar-refractivity contribution in [2.24, 2.45) is 5.92 Å². The lowest BCUT2D eigenvalue weighted by molar-refractivity contribution is -0.0609. The fourth-order valence-electron chi connectivity index (χ4n) is 6.70. The summed E-state index contributed by atoms with van der Waals surface area (Å²) in [6, 6.07) is 15.4. The standard InChI is InChI=1S/C25H27NO3/c1-15(13-16-5-3-2-4-6-16)26-12-11-25-18-8-10-21(28)24(25)29-23-20(27)9-7-17(22(23)25)14-19(18)26/h2-10,15,18-19,21,24,27-28H,11-14H2,1H3/t15?,18-,19+,21-,24-,25-/m0/s1. The first-order valence-electron chi connectivity index (χ1n) is 10.8. The van der Waals surface area contributed by atoms with E-state index >= 15 is 0 Å². The summed E-state index contributed by atoms with van der Waals surface area (Å²) in [5, 5.41) is 21.2.